The van der Waals surface area contributed by atoms with Crippen LogP contribution in [0, 0.1) is 6.92 Å². The normalized spacial score (nSPS) is 11.3. The minimum atomic E-state index is 0.130. The molecule has 0 saturated heterocycles. The summed E-state index contributed by atoms with van der Waals surface area (Å²) >= 11 is 0. The highest BCUT2D eigenvalue weighted by Crippen LogP contribution is 2.30. The summed E-state index contributed by atoms with van der Waals surface area (Å²) in [6.07, 6.45) is 10.1. The molecule has 0 aliphatic carbocycles. The molecule has 146 valence electrons. The Morgan fingerprint density at radius 1 is 0.800 bits per heavy atom. The lowest BCUT2D eigenvalue weighted by Crippen LogP contribution is -2.10. The lowest BCUT2D eigenvalue weighted by molar-refractivity contribution is 0.779. The summed E-state index contributed by atoms with van der Waals surface area (Å²) in [5.74, 6) is 1.97. The molecule has 30 heavy (non-hydrogen) atoms. The lowest BCUT2D eigenvalue weighted by atomic mass is 9.87. The summed E-state index contributed by atoms with van der Waals surface area (Å²) in [4.78, 5) is 18.2. The third-order valence-electron chi connectivity index (χ3n) is 5.41. The molecule has 5 heteroatoms. The molecule has 0 saturated carbocycles. The van der Waals surface area contributed by atoms with Gasteiger partial charge in [0, 0.05) is 36.9 Å². The average molecular weight is 391 g/mol. The van der Waals surface area contributed by atoms with E-state index in [9.17, 15) is 0 Å². The predicted molar refractivity (Wildman–Crippen MR) is 118 cm³/mol. The number of imidazole rings is 1. The maximum atomic E-state index is 4.76. The van der Waals surface area contributed by atoms with Gasteiger partial charge in [-0.3, -0.25) is 14.5 Å². The molecule has 5 nitrogen and oxygen atoms in total. The van der Waals surface area contributed by atoms with Gasteiger partial charge in [0.2, 0.25) is 0 Å². The number of aryl methyl sites for hydroxylation is 1. The Hall–Kier alpha value is -3.86. The van der Waals surface area contributed by atoms with Crippen LogP contribution in [0.5, 0.6) is 0 Å². The lowest BCUT2D eigenvalue weighted by Gasteiger charge is -2.19. The zero-order chi connectivity index (χ0) is 20.3. The number of fused-ring (bicyclic) bond motifs is 1. The highest BCUT2D eigenvalue weighted by molar-refractivity contribution is 5.78. The molecule has 1 aromatic carbocycles. The molecule has 4 aromatic heterocycles. The Labute approximate surface area is 175 Å². The number of hydrogen-bond donors (Lipinski definition) is 0. The predicted octanol–water partition coefficient (Wildman–Crippen LogP) is 4.89. The average Bonchev–Trinajstić information content (AvgIpc) is 3.14. The van der Waals surface area contributed by atoms with E-state index in [-0.39, 0.29) is 5.92 Å². The van der Waals surface area contributed by atoms with E-state index >= 15 is 0 Å². The van der Waals surface area contributed by atoms with Gasteiger partial charge in [0.1, 0.15) is 11.6 Å². The Kier molecular flexibility index (Phi) is 4.77. The first-order chi connectivity index (χ1) is 14.8. The van der Waals surface area contributed by atoms with Gasteiger partial charge in [0.25, 0.3) is 0 Å². The molecule has 0 N–H and O–H groups in total. The number of benzene rings is 1. The monoisotopic (exact) mass is 391 g/mol. The number of nitrogens with zero attached hydrogens (tertiary/aromatic N) is 5. The first kappa shape index (κ1) is 18.2. The molecule has 0 atom stereocenters. The molecular weight excluding hydrogens is 370 g/mol. The SMILES string of the molecule is Cc1nc2ccccc2n1-c1ncccc1CC(c1cccnc1)c1cccnc1. The second-order valence-electron chi connectivity index (χ2n) is 7.30. The Morgan fingerprint density at radius 3 is 2.20 bits per heavy atom. The summed E-state index contributed by atoms with van der Waals surface area (Å²) < 4.78 is 2.15. The largest absolute Gasteiger partial charge is 0.280 e. The molecule has 0 aliphatic rings. The van der Waals surface area contributed by atoms with E-state index in [2.05, 4.69) is 38.8 Å². The molecule has 5 aromatic rings. The molecular formula is C25H21N5. The number of para-hydroxylation sites is 2. The smallest absolute Gasteiger partial charge is 0.141 e. The molecule has 0 bridgehead atoms. The van der Waals surface area contributed by atoms with Crippen molar-refractivity contribution in [2.45, 2.75) is 19.3 Å². The summed E-state index contributed by atoms with van der Waals surface area (Å²) in [5.41, 5.74) is 5.51. The summed E-state index contributed by atoms with van der Waals surface area (Å²) in [5, 5.41) is 0. The van der Waals surface area contributed by atoms with Gasteiger partial charge >= 0.3 is 0 Å². The van der Waals surface area contributed by atoms with Gasteiger partial charge in [-0.2, -0.15) is 0 Å². The number of pyridine rings is 3. The Bertz CT molecular complexity index is 1240. The van der Waals surface area contributed by atoms with Crippen molar-refractivity contribution in [1.29, 1.82) is 0 Å². The third-order valence-corrected chi connectivity index (χ3v) is 5.41. The number of hydrogen-bond acceptors (Lipinski definition) is 4. The van der Waals surface area contributed by atoms with Gasteiger partial charge in [-0.05, 0) is 60.4 Å². The van der Waals surface area contributed by atoms with Gasteiger partial charge in [-0.25, -0.2) is 9.97 Å². The molecule has 4 heterocycles. The number of aromatic nitrogens is 5. The molecule has 5 rings (SSSR count). The third kappa shape index (κ3) is 3.35. The highest BCUT2D eigenvalue weighted by Gasteiger charge is 2.20. The summed E-state index contributed by atoms with van der Waals surface area (Å²) in [6, 6.07) is 20.5. The Balaban J connectivity index is 1.63. The van der Waals surface area contributed by atoms with Crippen LogP contribution in [0.3, 0.4) is 0 Å². The first-order valence-corrected chi connectivity index (χ1v) is 9.99. The highest BCUT2D eigenvalue weighted by atomic mass is 15.1. The van der Waals surface area contributed by atoms with Crippen LogP contribution in [0.1, 0.15) is 28.4 Å². The fourth-order valence-electron chi connectivity index (χ4n) is 4.02. The maximum absolute atomic E-state index is 4.76. The van der Waals surface area contributed by atoms with Gasteiger partial charge in [-0.1, -0.05) is 30.3 Å². The van der Waals surface area contributed by atoms with Crippen LogP contribution >= 0.6 is 0 Å². The van der Waals surface area contributed by atoms with E-state index in [1.165, 1.54) is 0 Å². The molecule has 0 radical (unpaired) electrons. The molecule has 0 spiro atoms. The zero-order valence-electron chi connectivity index (χ0n) is 16.7. The van der Waals surface area contributed by atoms with E-state index in [0.29, 0.717) is 0 Å². The van der Waals surface area contributed by atoms with Crippen molar-refractivity contribution in [2.75, 3.05) is 0 Å². The van der Waals surface area contributed by atoms with E-state index in [1.807, 2.05) is 61.9 Å². The van der Waals surface area contributed by atoms with Crippen molar-refractivity contribution in [3.05, 3.63) is 114 Å². The van der Waals surface area contributed by atoms with Crippen LogP contribution in [0.25, 0.3) is 16.9 Å². The fourth-order valence-corrected chi connectivity index (χ4v) is 4.02. The van der Waals surface area contributed by atoms with Gasteiger partial charge < -0.3 is 0 Å². The van der Waals surface area contributed by atoms with E-state index < -0.39 is 0 Å². The topological polar surface area (TPSA) is 56.5 Å². The van der Waals surface area contributed by atoms with Crippen molar-refractivity contribution in [1.82, 2.24) is 24.5 Å². The van der Waals surface area contributed by atoms with Crippen molar-refractivity contribution < 1.29 is 0 Å². The van der Waals surface area contributed by atoms with Crippen LogP contribution in [0.15, 0.2) is 91.6 Å². The van der Waals surface area contributed by atoms with Crippen molar-refractivity contribution in [2.24, 2.45) is 0 Å². The maximum Gasteiger partial charge on any atom is 0.141 e. The first-order valence-electron chi connectivity index (χ1n) is 9.99. The van der Waals surface area contributed by atoms with Gasteiger partial charge in [0.15, 0.2) is 0 Å². The molecule has 0 amide bonds. The van der Waals surface area contributed by atoms with E-state index in [0.717, 1.165) is 45.8 Å². The van der Waals surface area contributed by atoms with E-state index in [1.54, 1.807) is 12.4 Å². The molecule has 0 aliphatic heterocycles. The number of rotatable bonds is 5. The van der Waals surface area contributed by atoms with Crippen molar-refractivity contribution in [3.63, 3.8) is 0 Å². The summed E-state index contributed by atoms with van der Waals surface area (Å²) in [7, 11) is 0. The van der Waals surface area contributed by atoms with Crippen LogP contribution in [-0.4, -0.2) is 24.5 Å². The van der Waals surface area contributed by atoms with E-state index in [4.69, 9.17) is 9.97 Å². The standard InChI is InChI=1S/C25H21N5/c1-18-29-23-10-2-3-11-24(23)30(18)25-19(7-6-14-28-25)15-22(20-8-4-12-26-16-20)21-9-5-13-27-17-21/h2-14,16-17,22H,15H2,1H3. The second kappa shape index (κ2) is 7.87. The Morgan fingerprint density at radius 2 is 1.50 bits per heavy atom. The van der Waals surface area contributed by atoms with Crippen LogP contribution < -0.4 is 0 Å². The molecule has 0 unspecified atom stereocenters. The fraction of sp³-hybridized carbons (Fsp3) is 0.120. The van der Waals surface area contributed by atoms with Crippen LogP contribution in [-0.2, 0) is 6.42 Å². The van der Waals surface area contributed by atoms with Crippen LogP contribution in [0.4, 0.5) is 0 Å². The second-order valence-corrected chi connectivity index (χ2v) is 7.30. The van der Waals surface area contributed by atoms with Crippen molar-refractivity contribution in [3.8, 4) is 5.82 Å². The van der Waals surface area contributed by atoms with Gasteiger partial charge in [0.05, 0.1) is 11.0 Å². The van der Waals surface area contributed by atoms with Crippen LogP contribution in [0.2, 0.25) is 0 Å². The van der Waals surface area contributed by atoms with Gasteiger partial charge in [-0.15, -0.1) is 0 Å². The quantitative estimate of drug-likeness (QED) is 0.428. The molecule has 0 fully saturated rings. The van der Waals surface area contributed by atoms with Crippen molar-refractivity contribution >= 4 is 11.0 Å². The zero-order valence-corrected chi connectivity index (χ0v) is 16.7. The summed E-state index contributed by atoms with van der Waals surface area (Å²) in [6.45, 7) is 2.03. The minimum absolute atomic E-state index is 0.130. The minimum Gasteiger partial charge on any atom is -0.280 e.